The molecule has 1 rings (SSSR count). The van der Waals surface area contributed by atoms with Crippen LogP contribution in [-0.4, -0.2) is 18.3 Å². The summed E-state index contributed by atoms with van der Waals surface area (Å²) in [6.45, 7) is 1.91. The van der Waals surface area contributed by atoms with Crippen molar-refractivity contribution in [2.45, 2.75) is 38.7 Å². The molecule has 76 valence electrons. The van der Waals surface area contributed by atoms with Crippen molar-refractivity contribution in [3.05, 3.63) is 0 Å². The molecule has 0 aromatic heterocycles. The van der Waals surface area contributed by atoms with Gasteiger partial charge in [0.2, 0.25) is 0 Å². The van der Waals surface area contributed by atoms with Crippen molar-refractivity contribution >= 4 is 17.8 Å². The summed E-state index contributed by atoms with van der Waals surface area (Å²) < 4.78 is 9.51. The first-order valence-corrected chi connectivity index (χ1v) is 5.17. The van der Waals surface area contributed by atoms with Gasteiger partial charge in [-0.1, -0.05) is 24.4 Å². The van der Waals surface area contributed by atoms with Crippen LogP contribution >= 0.6 is 11.6 Å². The maximum Gasteiger partial charge on any atom is 0.509 e. The molecule has 0 aliphatic heterocycles. The van der Waals surface area contributed by atoms with Crippen LogP contribution < -0.4 is 0 Å². The van der Waals surface area contributed by atoms with Crippen LogP contribution in [0.1, 0.15) is 32.6 Å². The lowest BCUT2D eigenvalue weighted by Crippen LogP contribution is -2.22. The molecule has 0 amide bonds. The molecule has 0 bridgehead atoms. The van der Waals surface area contributed by atoms with Gasteiger partial charge < -0.3 is 9.47 Å². The first-order valence-electron chi connectivity index (χ1n) is 4.63. The fourth-order valence-electron chi connectivity index (χ4n) is 1.75. The summed E-state index contributed by atoms with van der Waals surface area (Å²) in [5.74, 6) is 0.503. The van der Waals surface area contributed by atoms with E-state index in [9.17, 15) is 4.79 Å². The Morgan fingerprint density at radius 1 is 1.54 bits per heavy atom. The predicted molar refractivity (Wildman–Crippen MR) is 49.7 cm³/mol. The largest absolute Gasteiger partial charge is 0.509 e. The number of carbonyl (C=O) groups is 1. The molecule has 1 saturated carbocycles. The van der Waals surface area contributed by atoms with Gasteiger partial charge in [0.15, 0.2) is 6.07 Å². The third-order valence-corrected chi connectivity index (χ3v) is 2.63. The molecule has 0 radical (unpaired) electrons. The Bertz CT molecular complexity index is 166. The van der Waals surface area contributed by atoms with Gasteiger partial charge in [-0.3, -0.25) is 0 Å². The second-order valence-corrected chi connectivity index (χ2v) is 3.59. The van der Waals surface area contributed by atoms with Crippen molar-refractivity contribution in [3.8, 4) is 0 Å². The van der Waals surface area contributed by atoms with Crippen molar-refractivity contribution < 1.29 is 14.3 Å². The molecule has 3 nitrogen and oxygen atoms in total. The molecule has 1 unspecified atom stereocenters. The van der Waals surface area contributed by atoms with Crippen molar-refractivity contribution in [2.75, 3.05) is 6.07 Å². The van der Waals surface area contributed by atoms with Gasteiger partial charge in [-0.15, -0.1) is 0 Å². The highest BCUT2D eigenvalue weighted by molar-refractivity contribution is 6.17. The van der Waals surface area contributed by atoms with E-state index >= 15 is 0 Å². The topological polar surface area (TPSA) is 35.5 Å². The lowest BCUT2D eigenvalue weighted by atomic mass is 10.0. The highest BCUT2D eigenvalue weighted by atomic mass is 35.5. The molecule has 4 heteroatoms. The van der Waals surface area contributed by atoms with Crippen LogP contribution in [0.3, 0.4) is 0 Å². The molecule has 0 spiro atoms. The van der Waals surface area contributed by atoms with E-state index in [-0.39, 0.29) is 12.2 Å². The molecule has 1 atom stereocenters. The van der Waals surface area contributed by atoms with Crippen molar-refractivity contribution in [1.82, 2.24) is 0 Å². The van der Waals surface area contributed by atoms with Gasteiger partial charge >= 0.3 is 6.16 Å². The lowest BCUT2D eigenvalue weighted by molar-refractivity contribution is 0.0186. The summed E-state index contributed by atoms with van der Waals surface area (Å²) in [7, 11) is 0. The third-order valence-electron chi connectivity index (χ3n) is 2.52. The van der Waals surface area contributed by atoms with Gasteiger partial charge in [-0.2, -0.15) is 0 Å². The zero-order valence-electron chi connectivity index (χ0n) is 7.79. The molecule has 0 aromatic carbocycles. The minimum absolute atomic E-state index is 0.0433. The Balaban J connectivity index is 2.22. The first kappa shape index (κ1) is 10.6. The van der Waals surface area contributed by atoms with Crippen LogP contribution in [0.15, 0.2) is 0 Å². The van der Waals surface area contributed by atoms with Gasteiger partial charge in [-0.25, -0.2) is 4.79 Å². The van der Waals surface area contributed by atoms with Gasteiger partial charge in [0.1, 0.15) is 6.10 Å². The average molecular weight is 207 g/mol. The van der Waals surface area contributed by atoms with E-state index < -0.39 is 6.16 Å². The summed E-state index contributed by atoms with van der Waals surface area (Å²) in [6.07, 6.45) is 4.07. The SMILES string of the molecule is CC(OC(=O)OCCl)C1CCCC1. The molecule has 0 aromatic rings. The first-order chi connectivity index (χ1) is 6.24. The van der Waals surface area contributed by atoms with Crippen LogP contribution in [0.2, 0.25) is 0 Å². The summed E-state index contributed by atoms with van der Waals surface area (Å²) in [4.78, 5) is 10.9. The monoisotopic (exact) mass is 206 g/mol. The fourth-order valence-corrected chi connectivity index (χ4v) is 1.84. The minimum Gasteiger partial charge on any atom is -0.431 e. The number of carbonyl (C=O) groups excluding carboxylic acids is 1. The summed E-state index contributed by atoms with van der Waals surface area (Å²) in [5.41, 5.74) is 0. The number of ether oxygens (including phenoxy) is 2. The molecular formula is C9H15ClO3. The molecule has 1 fully saturated rings. The zero-order valence-corrected chi connectivity index (χ0v) is 8.55. The van der Waals surface area contributed by atoms with E-state index in [0.717, 1.165) is 12.8 Å². The summed E-state index contributed by atoms with van der Waals surface area (Å²) in [6, 6.07) is -0.143. The molecule has 13 heavy (non-hydrogen) atoms. The maximum atomic E-state index is 10.9. The second kappa shape index (κ2) is 5.32. The van der Waals surface area contributed by atoms with Gasteiger partial charge in [0.05, 0.1) is 0 Å². The van der Waals surface area contributed by atoms with Crippen LogP contribution in [0.5, 0.6) is 0 Å². The normalized spacial score (nSPS) is 19.8. The summed E-state index contributed by atoms with van der Waals surface area (Å²) in [5, 5.41) is 0. The van der Waals surface area contributed by atoms with E-state index in [1.165, 1.54) is 12.8 Å². The number of alkyl halides is 1. The van der Waals surface area contributed by atoms with E-state index in [4.69, 9.17) is 16.3 Å². The molecule has 0 heterocycles. The highest BCUT2D eigenvalue weighted by Gasteiger charge is 2.24. The van der Waals surface area contributed by atoms with Crippen LogP contribution in [0.4, 0.5) is 4.79 Å². The molecule has 1 aliphatic carbocycles. The zero-order chi connectivity index (χ0) is 9.68. The number of hydrogen-bond acceptors (Lipinski definition) is 3. The Kier molecular flexibility index (Phi) is 4.36. The van der Waals surface area contributed by atoms with Crippen LogP contribution in [0, 0.1) is 5.92 Å². The third kappa shape index (κ3) is 3.43. The molecular weight excluding hydrogens is 192 g/mol. The lowest BCUT2D eigenvalue weighted by Gasteiger charge is -2.18. The standard InChI is InChI=1S/C9H15ClO3/c1-7(8-4-2-3-5-8)13-9(11)12-6-10/h7-8H,2-6H2,1H3. The van der Waals surface area contributed by atoms with E-state index in [0.29, 0.717) is 5.92 Å². The van der Waals surface area contributed by atoms with Crippen LogP contribution in [0.25, 0.3) is 0 Å². The Morgan fingerprint density at radius 2 is 2.15 bits per heavy atom. The van der Waals surface area contributed by atoms with E-state index in [1.54, 1.807) is 0 Å². The summed E-state index contributed by atoms with van der Waals surface area (Å²) >= 11 is 5.22. The maximum absolute atomic E-state index is 10.9. The van der Waals surface area contributed by atoms with Crippen molar-refractivity contribution in [3.63, 3.8) is 0 Å². The van der Waals surface area contributed by atoms with Gasteiger partial charge in [0.25, 0.3) is 0 Å². The number of halogens is 1. The Hall–Kier alpha value is -0.440. The Morgan fingerprint density at radius 3 is 2.69 bits per heavy atom. The Labute approximate surface area is 83.3 Å². The quantitative estimate of drug-likeness (QED) is 0.526. The number of rotatable bonds is 3. The molecule has 0 saturated heterocycles. The van der Waals surface area contributed by atoms with E-state index in [2.05, 4.69) is 4.74 Å². The second-order valence-electron chi connectivity index (χ2n) is 3.37. The average Bonchev–Trinajstić information content (AvgIpc) is 2.55. The number of hydrogen-bond donors (Lipinski definition) is 0. The van der Waals surface area contributed by atoms with Gasteiger partial charge in [0, 0.05) is 0 Å². The van der Waals surface area contributed by atoms with Crippen molar-refractivity contribution in [1.29, 1.82) is 0 Å². The highest BCUT2D eigenvalue weighted by Crippen LogP contribution is 2.29. The molecule has 0 N–H and O–H groups in total. The van der Waals surface area contributed by atoms with Crippen molar-refractivity contribution in [2.24, 2.45) is 5.92 Å². The molecule has 1 aliphatic rings. The predicted octanol–water partition coefficient (Wildman–Crippen LogP) is 2.91. The smallest absolute Gasteiger partial charge is 0.431 e. The van der Waals surface area contributed by atoms with Crippen LogP contribution in [-0.2, 0) is 9.47 Å². The van der Waals surface area contributed by atoms with Gasteiger partial charge in [-0.05, 0) is 25.7 Å². The minimum atomic E-state index is -0.658. The van der Waals surface area contributed by atoms with E-state index in [1.807, 2.05) is 6.92 Å². The fraction of sp³-hybridized carbons (Fsp3) is 0.889.